The van der Waals surface area contributed by atoms with E-state index in [1.54, 1.807) is 24.3 Å². The smallest absolute Gasteiger partial charge is 0.261 e. The molecule has 0 saturated carbocycles. The quantitative estimate of drug-likeness (QED) is 0.314. The number of carbonyl (C=O) groups is 3. The fraction of sp³-hybridized carbons (Fsp3) is 0.261. The number of rotatable bonds is 9. The zero-order chi connectivity index (χ0) is 25.0. The summed E-state index contributed by atoms with van der Waals surface area (Å²) in [5.74, 6) is -0.978. The number of hydrogen-bond donors (Lipinski definition) is 2. The number of hydroxylamine groups is 1. The van der Waals surface area contributed by atoms with Gasteiger partial charge in [-0.25, -0.2) is 13.9 Å². The van der Waals surface area contributed by atoms with Crippen molar-refractivity contribution in [1.82, 2.24) is 14.7 Å². The van der Waals surface area contributed by atoms with E-state index in [9.17, 15) is 22.8 Å². The van der Waals surface area contributed by atoms with Crippen LogP contribution in [0.15, 0.2) is 70.6 Å². The van der Waals surface area contributed by atoms with Gasteiger partial charge in [0.2, 0.25) is 10.0 Å². The first-order valence-electron chi connectivity index (χ1n) is 10.4. The van der Waals surface area contributed by atoms with Gasteiger partial charge in [0.1, 0.15) is 17.5 Å². The van der Waals surface area contributed by atoms with Crippen molar-refractivity contribution in [2.45, 2.75) is 31.2 Å². The fourth-order valence-electron chi connectivity index (χ4n) is 3.46. The molecule has 3 rings (SSSR count). The molecule has 180 valence electrons. The van der Waals surface area contributed by atoms with Crippen molar-refractivity contribution in [3.63, 3.8) is 0 Å². The molecule has 34 heavy (non-hydrogen) atoms. The summed E-state index contributed by atoms with van der Waals surface area (Å²) in [5.41, 5.74) is 2.05. The van der Waals surface area contributed by atoms with Crippen LogP contribution in [0, 0.1) is 0 Å². The van der Waals surface area contributed by atoms with E-state index in [1.165, 1.54) is 50.6 Å². The number of amides is 3. The minimum atomic E-state index is -4.17. The standard InChI is InChI=1S/C23H25N3O7S/c1-15-16(2)23(29)26(22(15)28)14-13-20(21(27)24-30)25(3)34(31,32)19-11-9-18(10-12-19)33-17-7-5-4-6-8-17/h4-12,20,30H,13-14H2,1-3H3,(H,24,27). The Labute approximate surface area is 197 Å². The van der Waals surface area contributed by atoms with E-state index in [2.05, 4.69) is 0 Å². The lowest BCUT2D eigenvalue weighted by atomic mass is 10.2. The van der Waals surface area contributed by atoms with Crippen LogP contribution < -0.4 is 10.2 Å². The number of sulfonamides is 1. The zero-order valence-electron chi connectivity index (χ0n) is 18.9. The van der Waals surface area contributed by atoms with Crippen LogP contribution in [0.2, 0.25) is 0 Å². The second kappa shape index (κ2) is 10.2. The molecule has 0 bridgehead atoms. The molecule has 0 aliphatic carbocycles. The van der Waals surface area contributed by atoms with Gasteiger partial charge in [0.15, 0.2) is 0 Å². The number of carbonyl (C=O) groups excluding carboxylic acids is 3. The molecule has 2 N–H and O–H groups in total. The van der Waals surface area contributed by atoms with Crippen LogP contribution in [0.25, 0.3) is 0 Å². The third-order valence-corrected chi connectivity index (χ3v) is 7.53. The summed E-state index contributed by atoms with van der Waals surface area (Å²) in [4.78, 5) is 37.7. The predicted octanol–water partition coefficient (Wildman–Crippen LogP) is 2.07. The topological polar surface area (TPSA) is 133 Å². The van der Waals surface area contributed by atoms with Gasteiger partial charge in [-0.15, -0.1) is 0 Å². The van der Waals surface area contributed by atoms with Gasteiger partial charge in [0.25, 0.3) is 17.7 Å². The van der Waals surface area contributed by atoms with E-state index < -0.39 is 33.8 Å². The van der Waals surface area contributed by atoms with Gasteiger partial charge in [-0.2, -0.15) is 4.31 Å². The monoisotopic (exact) mass is 487 g/mol. The molecule has 0 spiro atoms. The lowest BCUT2D eigenvalue weighted by Crippen LogP contribution is -2.48. The molecular formula is C23H25N3O7S. The van der Waals surface area contributed by atoms with Gasteiger partial charge in [-0.3, -0.25) is 24.5 Å². The molecule has 1 atom stereocenters. The highest BCUT2D eigenvalue weighted by Crippen LogP contribution is 2.26. The largest absolute Gasteiger partial charge is 0.457 e. The maximum absolute atomic E-state index is 13.2. The number of nitrogens with zero attached hydrogens (tertiary/aromatic N) is 2. The van der Waals surface area contributed by atoms with Crippen LogP contribution >= 0.6 is 0 Å². The van der Waals surface area contributed by atoms with Crippen molar-refractivity contribution in [1.29, 1.82) is 0 Å². The summed E-state index contributed by atoms with van der Waals surface area (Å²) in [7, 11) is -2.98. The average molecular weight is 488 g/mol. The van der Waals surface area contributed by atoms with Crippen molar-refractivity contribution in [2.24, 2.45) is 0 Å². The van der Waals surface area contributed by atoms with Crippen LogP contribution in [-0.2, 0) is 24.4 Å². The van der Waals surface area contributed by atoms with Crippen LogP contribution in [0.3, 0.4) is 0 Å². The van der Waals surface area contributed by atoms with Gasteiger partial charge < -0.3 is 4.74 Å². The molecule has 1 heterocycles. The SMILES string of the molecule is CC1=C(C)C(=O)N(CCC(C(=O)NO)N(C)S(=O)(=O)c2ccc(Oc3ccccc3)cc2)C1=O. The highest BCUT2D eigenvalue weighted by Gasteiger charge is 2.37. The summed E-state index contributed by atoms with van der Waals surface area (Å²) in [5, 5.41) is 9.15. The van der Waals surface area contributed by atoms with Crippen LogP contribution in [0.5, 0.6) is 11.5 Å². The Balaban J connectivity index is 1.76. The van der Waals surface area contributed by atoms with Gasteiger partial charge in [0.05, 0.1) is 4.90 Å². The lowest BCUT2D eigenvalue weighted by Gasteiger charge is -2.27. The summed E-state index contributed by atoms with van der Waals surface area (Å²) in [6.07, 6.45) is -0.213. The Hall–Kier alpha value is -3.54. The van der Waals surface area contributed by atoms with Gasteiger partial charge in [-0.05, 0) is 56.7 Å². The predicted molar refractivity (Wildman–Crippen MR) is 121 cm³/mol. The number of likely N-dealkylation sites (N-methyl/N-ethyl adjacent to an activating group) is 1. The number of hydrogen-bond acceptors (Lipinski definition) is 7. The maximum atomic E-state index is 13.2. The van der Waals surface area contributed by atoms with Crippen molar-refractivity contribution in [2.75, 3.05) is 13.6 Å². The summed E-state index contributed by atoms with van der Waals surface area (Å²) in [6, 6.07) is 13.2. The summed E-state index contributed by atoms with van der Waals surface area (Å²) >= 11 is 0. The van der Waals surface area contributed by atoms with Gasteiger partial charge in [-0.1, -0.05) is 18.2 Å². The number of imide groups is 1. The van der Waals surface area contributed by atoms with E-state index in [4.69, 9.17) is 9.94 Å². The Bertz CT molecular complexity index is 1200. The zero-order valence-corrected chi connectivity index (χ0v) is 19.7. The molecule has 0 fully saturated rings. The number of nitrogens with one attached hydrogen (secondary N) is 1. The first-order chi connectivity index (χ1) is 16.1. The Morgan fingerprint density at radius 1 is 1.00 bits per heavy atom. The molecule has 1 unspecified atom stereocenters. The van der Waals surface area contributed by atoms with Crippen molar-refractivity contribution >= 4 is 27.7 Å². The Kier molecular flexibility index (Phi) is 7.50. The second-order valence-corrected chi connectivity index (χ2v) is 9.70. The Morgan fingerprint density at radius 3 is 2.06 bits per heavy atom. The molecule has 2 aromatic carbocycles. The molecular weight excluding hydrogens is 462 g/mol. The van der Waals surface area contributed by atoms with E-state index in [1.807, 2.05) is 6.07 Å². The fourth-order valence-corrected chi connectivity index (χ4v) is 4.81. The maximum Gasteiger partial charge on any atom is 0.261 e. The second-order valence-electron chi connectivity index (χ2n) is 7.70. The number of para-hydroxylation sites is 1. The molecule has 0 saturated heterocycles. The molecule has 3 amide bonds. The van der Waals surface area contributed by atoms with Crippen LogP contribution in [0.4, 0.5) is 0 Å². The first kappa shape index (κ1) is 25.1. The first-order valence-corrected chi connectivity index (χ1v) is 11.8. The number of benzene rings is 2. The van der Waals surface area contributed by atoms with E-state index in [0.29, 0.717) is 22.6 Å². The van der Waals surface area contributed by atoms with Crippen LogP contribution in [0.1, 0.15) is 20.3 Å². The molecule has 11 heteroatoms. The van der Waals surface area contributed by atoms with E-state index in [-0.39, 0.29) is 17.9 Å². The van der Waals surface area contributed by atoms with Gasteiger partial charge >= 0.3 is 0 Å². The van der Waals surface area contributed by atoms with Crippen LogP contribution in [-0.4, -0.2) is 60.2 Å². The lowest BCUT2D eigenvalue weighted by molar-refractivity contribution is -0.139. The summed E-state index contributed by atoms with van der Waals surface area (Å²) in [6.45, 7) is 2.85. The molecule has 1 aliphatic heterocycles. The minimum Gasteiger partial charge on any atom is -0.457 e. The third-order valence-electron chi connectivity index (χ3n) is 5.65. The van der Waals surface area contributed by atoms with E-state index in [0.717, 1.165) is 9.21 Å². The van der Waals surface area contributed by atoms with Crippen molar-refractivity contribution in [3.8, 4) is 11.5 Å². The molecule has 0 aromatic heterocycles. The normalized spacial score (nSPS) is 15.1. The van der Waals surface area contributed by atoms with Gasteiger partial charge in [0, 0.05) is 24.7 Å². The highest BCUT2D eigenvalue weighted by molar-refractivity contribution is 7.89. The average Bonchev–Trinajstić information content (AvgIpc) is 3.02. The molecule has 2 aromatic rings. The number of ether oxygens (including phenoxy) is 1. The van der Waals surface area contributed by atoms with Crippen molar-refractivity contribution < 1.29 is 32.7 Å². The molecule has 10 nitrogen and oxygen atoms in total. The molecule has 1 aliphatic rings. The van der Waals surface area contributed by atoms with Crippen molar-refractivity contribution in [3.05, 3.63) is 65.7 Å². The highest BCUT2D eigenvalue weighted by atomic mass is 32.2. The third kappa shape index (κ3) is 5.01. The van der Waals surface area contributed by atoms with E-state index >= 15 is 0 Å². The minimum absolute atomic E-state index is 0.104. The Morgan fingerprint density at radius 2 is 1.53 bits per heavy atom. The molecule has 0 radical (unpaired) electrons. The summed E-state index contributed by atoms with van der Waals surface area (Å²) < 4.78 is 32.8.